The first-order chi connectivity index (χ1) is 11.6. The third-order valence-corrected chi connectivity index (χ3v) is 3.79. The fourth-order valence-electron chi connectivity index (χ4n) is 2.49. The minimum absolute atomic E-state index is 0.122. The molecule has 1 heterocycles. The molecule has 0 spiro atoms. The largest absolute Gasteiger partial charge is 0.339 e. The molecule has 0 aliphatic carbocycles. The zero-order valence-corrected chi connectivity index (χ0v) is 14.5. The number of rotatable bonds is 7. The summed E-state index contributed by atoms with van der Waals surface area (Å²) in [5.41, 5.74) is 1.20. The number of nitrogens with one attached hydrogen (secondary N) is 1. The molecule has 128 valence electrons. The number of carbonyl (C=O) groups excluding carboxylic acids is 2. The SMILES string of the molecule is CCCC(=O)Nc1c(C(=O)N(CC)CC)cnn1-c1ccccc1. The number of benzene rings is 1. The molecule has 2 rings (SSSR count). The second kappa shape index (κ2) is 8.29. The molecule has 6 nitrogen and oxygen atoms in total. The summed E-state index contributed by atoms with van der Waals surface area (Å²) < 4.78 is 1.60. The van der Waals surface area contributed by atoms with Crippen molar-refractivity contribution in [2.75, 3.05) is 18.4 Å². The van der Waals surface area contributed by atoms with Crippen LogP contribution in [0.25, 0.3) is 5.69 Å². The maximum absolute atomic E-state index is 12.7. The quantitative estimate of drug-likeness (QED) is 0.849. The number of para-hydroxylation sites is 1. The maximum Gasteiger partial charge on any atom is 0.259 e. The molecule has 2 amide bonds. The van der Waals surface area contributed by atoms with Crippen LogP contribution in [-0.2, 0) is 4.79 Å². The number of hydrogen-bond donors (Lipinski definition) is 1. The van der Waals surface area contributed by atoms with Gasteiger partial charge in [-0.25, -0.2) is 4.68 Å². The minimum Gasteiger partial charge on any atom is -0.339 e. The van der Waals surface area contributed by atoms with Crippen molar-refractivity contribution in [2.45, 2.75) is 33.6 Å². The lowest BCUT2D eigenvalue weighted by Gasteiger charge is -2.19. The Balaban J connectivity index is 2.46. The molecule has 2 aromatic rings. The number of anilines is 1. The zero-order valence-electron chi connectivity index (χ0n) is 14.5. The van der Waals surface area contributed by atoms with E-state index in [2.05, 4.69) is 10.4 Å². The monoisotopic (exact) mass is 328 g/mol. The first-order valence-electron chi connectivity index (χ1n) is 8.34. The van der Waals surface area contributed by atoms with E-state index in [1.807, 2.05) is 51.1 Å². The van der Waals surface area contributed by atoms with Crippen molar-refractivity contribution in [3.05, 3.63) is 42.1 Å². The molecule has 0 aliphatic heterocycles. The van der Waals surface area contributed by atoms with E-state index >= 15 is 0 Å². The molecular weight excluding hydrogens is 304 g/mol. The van der Waals surface area contributed by atoms with E-state index in [-0.39, 0.29) is 11.8 Å². The molecule has 1 N–H and O–H groups in total. The highest BCUT2D eigenvalue weighted by Gasteiger charge is 2.23. The van der Waals surface area contributed by atoms with Crippen molar-refractivity contribution < 1.29 is 9.59 Å². The van der Waals surface area contributed by atoms with E-state index < -0.39 is 0 Å². The van der Waals surface area contributed by atoms with Crippen molar-refractivity contribution in [3.8, 4) is 5.69 Å². The van der Waals surface area contributed by atoms with E-state index in [9.17, 15) is 9.59 Å². The predicted molar refractivity (Wildman–Crippen MR) is 94.4 cm³/mol. The fourth-order valence-corrected chi connectivity index (χ4v) is 2.49. The van der Waals surface area contributed by atoms with Gasteiger partial charge in [0.2, 0.25) is 5.91 Å². The van der Waals surface area contributed by atoms with Crippen molar-refractivity contribution in [1.29, 1.82) is 0 Å². The highest BCUT2D eigenvalue weighted by atomic mass is 16.2. The van der Waals surface area contributed by atoms with Gasteiger partial charge in [-0.15, -0.1) is 0 Å². The first kappa shape index (κ1) is 17.7. The summed E-state index contributed by atoms with van der Waals surface area (Å²) >= 11 is 0. The van der Waals surface area contributed by atoms with Gasteiger partial charge in [0.05, 0.1) is 11.9 Å². The van der Waals surface area contributed by atoms with Crippen LogP contribution < -0.4 is 5.32 Å². The van der Waals surface area contributed by atoms with Crippen molar-refractivity contribution >= 4 is 17.6 Å². The third-order valence-electron chi connectivity index (χ3n) is 3.79. The van der Waals surface area contributed by atoms with Crippen LogP contribution >= 0.6 is 0 Å². The Kier molecular flexibility index (Phi) is 6.12. The van der Waals surface area contributed by atoms with E-state index in [0.29, 0.717) is 30.9 Å². The van der Waals surface area contributed by atoms with Gasteiger partial charge in [0.15, 0.2) is 0 Å². The van der Waals surface area contributed by atoms with E-state index in [4.69, 9.17) is 0 Å². The van der Waals surface area contributed by atoms with Crippen LogP contribution in [0.15, 0.2) is 36.5 Å². The molecule has 0 radical (unpaired) electrons. The number of aromatic nitrogens is 2. The normalized spacial score (nSPS) is 10.5. The molecule has 0 unspecified atom stereocenters. The first-order valence-corrected chi connectivity index (χ1v) is 8.34. The van der Waals surface area contributed by atoms with Crippen LogP contribution in [0, 0.1) is 0 Å². The Morgan fingerprint density at radius 2 is 1.79 bits per heavy atom. The highest BCUT2D eigenvalue weighted by Crippen LogP contribution is 2.22. The molecule has 0 aliphatic rings. The van der Waals surface area contributed by atoms with Gasteiger partial charge >= 0.3 is 0 Å². The lowest BCUT2D eigenvalue weighted by Crippen LogP contribution is -2.31. The number of nitrogens with zero attached hydrogens (tertiary/aromatic N) is 3. The van der Waals surface area contributed by atoms with E-state index in [1.165, 1.54) is 6.20 Å². The maximum atomic E-state index is 12.7. The van der Waals surface area contributed by atoms with E-state index in [1.54, 1.807) is 9.58 Å². The highest BCUT2D eigenvalue weighted by molar-refractivity contribution is 6.03. The summed E-state index contributed by atoms with van der Waals surface area (Å²) in [6, 6.07) is 9.45. The summed E-state index contributed by atoms with van der Waals surface area (Å²) in [7, 11) is 0. The minimum atomic E-state index is -0.131. The third kappa shape index (κ3) is 3.82. The molecule has 0 bridgehead atoms. The van der Waals surface area contributed by atoms with Crippen LogP contribution in [-0.4, -0.2) is 39.6 Å². The summed E-state index contributed by atoms with van der Waals surface area (Å²) in [5, 5.41) is 7.18. The smallest absolute Gasteiger partial charge is 0.259 e. The molecular formula is C18H24N4O2. The average molecular weight is 328 g/mol. The molecule has 6 heteroatoms. The molecule has 0 atom stereocenters. The van der Waals surface area contributed by atoms with Crippen LogP contribution in [0.2, 0.25) is 0 Å². The molecule has 24 heavy (non-hydrogen) atoms. The average Bonchev–Trinajstić information content (AvgIpc) is 3.00. The topological polar surface area (TPSA) is 67.2 Å². The van der Waals surface area contributed by atoms with Gasteiger partial charge in [-0.3, -0.25) is 9.59 Å². The van der Waals surface area contributed by atoms with Gasteiger partial charge in [-0.1, -0.05) is 25.1 Å². The summed E-state index contributed by atoms with van der Waals surface area (Å²) in [4.78, 5) is 26.5. The molecule has 0 saturated carbocycles. The Morgan fingerprint density at radius 3 is 2.38 bits per heavy atom. The summed E-state index contributed by atoms with van der Waals surface area (Å²) in [5.74, 6) is 0.175. The number of carbonyl (C=O) groups is 2. The van der Waals surface area contributed by atoms with Gasteiger partial charge in [0.25, 0.3) is 5.91 Å². The number of amides is 2. The standard InChI is InChI=1S/C18H24N4O2/c1-4-10-16(23)20-17-15(18(24)21(5-2)6-3)13-19-22(17)14-11-8-7-9-12-14/h7-9,11-13H,4-6,10H2,1-3H3,(H,20,23). The van der Waals surface area contributed by atoms with Gasteiger partial charge in [0.1, 0.15) is 11.4 Å². The Hall–Kier alpha value is -2.63. The number of hydrogen-bond acceptors (Lipinski definition) is 3. The Morgan fingerprint density at radius 1 is 1.12 bits per heavy atom. The van der Waals surface area contributed by atoms with Crippen molar-refractivity contribution in [1.82, 2.24) is 14.7 Å². The molecule has 0 fully saturated rings. The Labute approximate surface area is 142 Å². The van der Waals surface area contributed by atoms with Crippen molar-refractivity contribution in [3.63, 3.8) is 0 Å². The van der Waals surface area contributed by atoms with Crippen LogP contribution in [0.4, 0.5) is 5.82 Å². The molecule has 0 saturated heterocycles. The second-order valence-electron chi connectivity index (χ2n) is 5.43. The Bertz CT molecular complexity index is 690. The fraction of sp³-hybridized carbons (Fsp3) is 0.389. The molecule has 1 aromatic carbocycles. The molecule has 1 aromatic heterocycles. The lowest BCUT2D eigenvalue weighted by atomic mass is 10.2. The van der Waals surface area contributed by atoms with Crippen LogP contribution in [0.3, 0.4) is 0 Å². The van der Waals surface area contributed by atoms with E-state index in [0.717, 1.165) is 12.1 Å². The van der Waals surface area contributed by atoms with Crippen LogP contribution in [0.5, 0.6) is 0 Å². The lowest BCUT2D eigenvalue weighted by molar-refractivity contribution is -0.116. The van der Waals surface area contributed by atoms with Gasteiger partial charge in [-0.2, -0.15) is 5.10 Å². The summed E-state index contributed by atoms with van der Waals surface area (Å²) in [6.07, 6.45) is 2.67. The van der Waals surface area contributed by atoms with Gasteiger partial charge in [0, 0.05) is 19.5 Å². The van der Waals surface area contributed by atoms with Crippen molar-refractivity contribution in [2.24, 2.45) is 0 Å². The van der Waals surface area contributed by atoms with Crippen LogP contribution in [0.1, 0.15) is 44.0 Å². The predicted octanol–water partition coefficient (Wildman–Crippen LogP) is 3.09. The van der Waals surface area contributed by atoms with Gasteiger partial charge < -0.3 is 10.2 Å². The second-order valence-corrected chi connectivity index (χ2v) is 5.43. The van der Waals surface area contributed by atoms with Gasteiger partial charge in [-0.05, 0) is 32.4 Å². The summed E-state index contributed by atoms with van der Waals surface area (Å²) in [6.45, 7) is 7.01. The zero-order chi connectivity index (χ0) is 17.5.